The summed E-state index contributed by atoms with van der Waals surface area (Å²) in [5.41, 5.74) is 0.411. The smallest absolute Gasteiger partial charge is 0.255 e. The molecule has 22 heavy (non-hydrogen) atoms. The van der Waals surface area contributed by atoms with Gasteiger partial charge in [0.05, 0.1) is 17.1 Å². The molecular formula is C15H13Cl2N3O2. The van der Waals surface area contributed by atoms with E-state index in [1.54, 1.807) is 41.4 Å². The second-order valence-corrected chi connectivity index (χ2v) is 5.81. The highest BCUT2D eigenvalue weighted by molar-refractivity contribution is 6.35. The minimum Gasteiger partial charge on any atom is -0.471 e. The van der Waals surface area contributed by atoms with E-state index in [1.807, 2.05) is 0 Å². The molecule has 5 nitrogen and oxygen atoms in total. The molecule has 7 heteroatoms. The number of likely N-dealkylation sites (tertiary alicyclic amines) is 1. The Balaban J connectivity index is 1.67. The van der Waals surface area contributed by atoms with E-state index in [4.69, 9.17) is 27.9 Å². The topological polar surface area (TPSA) is 55.3 Å². The molecule has 0 saturated carbocycles. The van der Waals surface area contributed by atoms with E-state index in [9.17, 15) is 4.79 Å². The van der Waals surface area contributed by atoms with Crippen molar-refractivity contribution < 1.29 is 9.53 Å². The molecule has 0 radical (unpaired) electrons. The quantitative estimate of drug-likeness (QED) is 0.863. The molecule has 1 saturated heterocycles. The molecular weight excluding hydrogens is 325 g/mol. The second kappa shape index (κ2) is 6.50. The lowest BCUT2D eigenvalue weighted by molar-refractivity contribution is 0.0771. The third-order valence-electron chi connectivity index (χ3n) is 3.43. The normalized spacial score (nSPS) is 17.5. The predicted molar refractivity (Wildman–Crippen MR) is 83.4 cm³/mol. The molecule has 0 spiro atoms. The van der Waals surface area contributed by atoms with Crippen LogP contribution in [-0.2, 0) is 0 Å². The van der Waals surface area contributed by atoms with Crippen LogP contribution in [-0.4, -0.2) is 40.2 Å². The average Bonchev–Trinajstić information content (AvgIpc) is 2.98. The summed E-state index contributed by atoms with van der Waals surface area (Å²) in [5, 5.41) is 8.53. The van der Waals surface area contributed by atoms with Crippen molar-refractivity contribution >= 4 is 29.1 Å². The highest BCUT2D eigenvalue weighted by Crippen LogP contribution is 2.24. The monoisotopic (exact) mass is 337 g/mol. The van der Waals surface area contributed by atoms with Gasteiger partial charge in [-0.25, -0.2) is 0 Å². The van der Waals surface area contributed by atoms with Crippen molar-refractivity contribution in [2.75, 3.05) is 13.1 Å². The molecule has 0 bridgehead atoms. The van der Waals surface area contributed by atoms with Crippen LogP contribution < -0.4 is 4.74 Å². The summed E-state index contributed by atoms with van der Waals surface area (Å²) in [7, 11) is 0. The molecule has 2 heterocycles. The molecule has 114 valence electrons. The number of benzene rings is 1. The maximum atomic E-state index is 12.5. The van der Waals surface area contributed by atoms with Gasteiger partial charge in [0.15, 0.2) is 0 Å². The maximum Gasteiger partial charge on any atom is 0.255 e. The number of carbonyl (C=O) groups is 1. The Kier molecular flexibility index (Phi) is 4.45. The van der Waals surface area contributed by atoms with Crippen LogP contribution in [0.4, 0.5) is 0 Å². The van der Waals surface area contributed by atoms with Gasteiger partial charge in [0.2, 0.25) is 5.88 Å². The van der Waals surface area contributed by atoms with E-state index in [1.165, 1.54) is 0 Å². The van der Waals surface area contributed by atoms with Crippen LogP contribution in [0.3, 0.4) is 0 Å². The van der Waals surface area contributed by atoms with E-state index in [0.717, 1.165) is 6.42 Å². The first-order valence-corrected chi connectivity index (χ1v) is 7.58. The highest BCUT2D eigenvalue weighted by atomic mass is 35.5. The molecule has 1 atom stereocenters. The molecule has 3 rings (SSSR count). The molecule has 1 aromatic carbocycles. The van der Waals surface area contributed by atoms with E-state index < -0.39 is 0 Å². The Morgan fingerprint density at radius 3 is 2.95 bits per heavy atom. The lowest BCUT2D eigenvalue weighted by Gasteiger charge is -2.17. The number of nitrogens with zero attached hydrogens (tertiary/aromatic N) is 3. The van der Waals surface area contributed by atoms with E-state index in [2.05, 4.69) is 10.2 Å². The summed E-state index contributed by atoms with van der Waals surface area (Å²) in [4.78, 5) is 14.2. The third kappa shape index (κ3) is 3.31. The number of amides is 1. The predicted octanol–water partition coefficient (Wildman–Crippen LogP) is 3.08. The third-order valence-corrected chi connectivity index (χ3v) is 3.99. The van der Waals surface area contributed by atoms with E-state index in [-0.39, 0.29) is 12.0 Å². The number of rotatable bonds is 3. The van der Waals surface area contributed by atoms with Gasteiger partial charge in [-0.15, -0.1) is 5.10 Å². The molecule has 0 N–H and O–H groups in total. The average molecular weight is 338 g/mol. The maximum absolute atomic E-state index is 12.5. The summed E-state index contributed by atoms with van der Waals surface area (Å²) in [6.07, 6.45) is 2.22. The first-order chi connectivity index (χ1) is 10.6. The number of aromatic nitrogens is 2. The van der Waals surface area contributed by atoms with Gasteiger partial charge in [-0.05, 0) is 24.3 Å². The number of hydrogen-bond donors (Lipinski definition) is 0. The van der Waals surface area contributed by atoms with Crippen molar-refractivity contribution in [2.45, 2.75) is 12.5 Å². The van der Waals surface area contributed by atoms with Gasteiger partial charge in [0, 0.05) is 30.3 Å². The SMILES string of the molecule is O=C(c1cc(Cl)ccc1Cl)N1CCC(Oc2cccnn2)C1. The fourth-order valence-corrected chi connectivity index (χ4v) is 2.73. The first-order valence-electron chi connectivity index (χ1n) is 6.82. The Bertz CT molecular complexity index is 682. The van der Waals surface area contributed by atoms with Crippen LogP contribution >= 0.6 is 23.2 Å². The largest absolute Gasteiger partial charge is 0.471 e. The van der Waals surface area contributed by atoms with E-state index >= 15 is 0 Å². The number of halogens is 2. The van der Waals surface area contributed by atoms with Crippen LogP contribution in [0.2, 0.25) is 10.0 Å². The molecule has 1 fully saturated rings. The Morgan fingerprint density at radius 1 is 1.32 bits per heavy atom. The van der Waals surface area contributed by atoms with Gasteiger partial charge in [-0.3, -0.25) is 4.79 Å². The number of ether oxygens (including phenoxy) is 1. The van der Waals surface area contributed by atoms with Crippen LogP contribution in [0.15, 0.2) is 36.5 Å². The molecule has 1 amide bonds. The molecule has 1 aromatic heterocycles. The van der Waals surface area contributed by atoms with Gasteiger partial charge in [-0.1, -0.05) is 23.2 Å². The van der Waals surface area contributed by atoms with Crippen molar-refractivity contribution in [1.82, 2.24) is 15.1 Å². The zero-order chi connectivity index (χ0) is 15.5. The van der Waals surface area contributed by atoms with Gasteiger partial charge in [-0.2, -0.15) is 5.10 Å². The number of hydrogen-bond acceptors (Lipinski definition) is 4. The van der Waals surface area contributed by atoms with E-state index in [0.29, 0.717) is 34.6 Å². The Hall–Kier alpha value is -1.85. The lowest BCUT2D eigenvalue weighted by Crippen LogP contribution is -2.31. The molecule has 1 aliphatic heterocycles. The van der Waals surface area contributed by atoms with Crippen molar-refractivity contribution in [3.8, 4) is 5.88 Å². The van der Waals surface area contributed by atoms with Crippen molar-refractivity contribution in [3.63, 3.8) is 0 Å². The van der Waals surface area contributed by atoms with Crippen LogP contribution in [0.5, 0.6) is 5.88 Å². The van der Waals surface area contributed by atoms with Crippen LogP contribution in [0.25, 0.3) is 0 Å². The standard InChI is InChI=1S/C15H13Cl2N3O2/c16-10-3-4-13(17)12(8-10)15(21)20-7-5-11(9-20)22-14-2-1-6-18-19-14/h1-4,6,8,11H,5,7,9H2. The van der Waals surface area contributed by atoms with Crippen molar-refractivity contribution in [2.24, 2.45) is 0 Å². The molecule has 2 aromatic rings. The zero-order valence-corrected chi connectivity index (χ0v) is 13.1. The summed E-state index contributed by atoms with van der Waals surface area (Å²) >= 11 is 12.0. The summed E-state index contributed by atoms with van der Waals surface area (Å²) in [6.45, 7) is 1.09. The molecule has 0 aliphatic carbocycles. The molecule has 1 aliphatic rings. The zero-order valence-electron chi connectivity index (χ0n) is 11.6. The fraction of sp³-hybridized carbons (Fsp3) is 0.267. The Morgan fingerprint density at radius 2 is 2.18 bits per heavy atom. The van der Waals surface area contributed by atoms with Gasteiger partial charge in [0.1, 0.15) is 6.10 Å². The van der Waals surface area contributed by atoms with Crippen molar-refractivity contribution in [1.29, 1.82) is 0 Å². The fourth-order valence-electron chi connectivity index (χ4n) is 2.36. The van der Waals surface area contributed by atoms with Crippen LogP contribution in [0, 0.1) is 0 Å². The summed E-state index contributed by atoms with van der Waals surface area (Å²) in [5.74, 6) is 0.320. The van der Waals surface area contributed by atoms with Gasteiger partial charge >= 0.3 is 0 Å². The first kappa shape index (κ1) is 15.1. The Labute approximate surface area is 137 Å². The number of carbonyl (C=O) groups excluding carboxylic acids is 1. The minimum absolute atomic E-state index is 0.0985. The summed E-state index contributed by atoms with van der Waals surface area (Å²) in [6, 6.07) is 8.37. The lowest BCUT2D eigenvalue weighted by atomic mass is 10.2. The minimum atomic E-state index is -0.141. The molecule has 1 unspecified atom stereocenters. The second-order valence-electron chi connectivity index (χ2n) is 4.97. The van der Waals surface area contributed by atoms with Gasteiger partial charge in [0.25, 0.3) is 5.91 Å². The van der Waals surface area contributed by atoms with Crippen molar-refractivity contribution in [3.05, 3.63) is 52.1 Å². The van der Waals surface area contributed by atoms with Crippen LogP contribution in [0.1, 0.15) is 16.8 Å². The summed E-state index contributed by atoms with van der Waals surface area (Å²) < 4.78 is 5.72. The highest BCUT2D eigenvalue weighted by Gasteiger charge is 2.29. The van der Waals surface area contributed by atoms with Gasteiger partial charge < -0.3 is 9.64 Å².